The minimum absolute atomic E-state index is 0.0907. The Kier molecular flexibility index (Phi) is 5.76. The molecule has 0 spiro atoms. The summed E-state index contributed by atoms with van der Waals surface area (Å²) in [6.45, 7) is 0. The van der Waals surface area contributed by atoms with Crippen molar-refractivity contribution in [1.82, 2.24) is 10.6 Å². The maximum Gasteiger partial charge on any atom is 0.243 e. The van der Waals surface area contributed by atoms with Crippen molar-refractivity contribution in [3.05, 3.63) is 35.6 Å². The molecule has 2 N–H and O–H groups in total. The Morgan fingerprint density at radius 3 is 2.71 bits per heavy atom. The van der Waals surface area contributed by atoms with Crippen LogP contribution in [0, 0.1) is 5.82 Å². The van der Waals surface area contributed by atoms with Crippen LogP contribution in [0.3, 0.4) is 0 Å². The Balaban J connectivity index is 1.52. The zero-order chi connectivity index (χ0) is 16.9. The SMILES string of the molecule is O=C(NC1CCCCC1)C1CSC(Cc2ccccc2F)C(=O)N1. The first-order valence-corrected chi connectivity index (χ1v) is 9.64. The molecule has 1 aromatic carbocycles. The minimum Gasteiger partial charge on any atom is -0.352 e. The van der Waals surface area contributed by atoms with E-state index in [-0.39, 0.29) is 28.9 Å². The number of rotatable bonds is 4. The molecule has 4 nitrogen and oxygen atoms in total. The predicted octanol–water partition coefficient (Wildman–Crippen LogP) is 2.42. The van der Waals surface area contributed by atoms with Crippen LogP contribution in [0.2, 0.25) is 0 Å². The summed E-state index contributed by atoms with van der Waals surface area (Å²) in [7, 11) is 0. The number of benzene rings is 1. The Morgan fingerprint density at radius 1 is 1.25 bits per heavy atom. The van der Waals surface area contributed by atoms with E-state index in [4.69, 9.17) is 0 Å². The van der Waals surface area contributed by atoms with Crippen LogP contribution in [-0.2, 0) is 16.0 Å². The average Bonchev–Trinajstić information content (AvgIpc) is 2.59. The first-order valence-electron chi connectivity index (χ1n) is 8.59. The fraction of sp³-hybridized carbons (Fsp3) is 0.556. The van der Waals surface area contributed by atoms with Gasteiger partial charge < -0.3 is 10.6 Å². The van der Waals surface area contributed by atoms with Gasteiger partial charge in [-0.3, -0.25) is 9.59 Å². The van der Waals surface area contributed by atoms with Crippen LogP contribution >= 0.6 is 11.8 Å². The van der Waals surface area contributed by atoms with Crippen LogP contribution in [-0.4, -0.2) is 34.9 Å². The Bertz CT molecular complexity index is 604. The summed E-state index contributed by atoms with van der Waals surface area (Å²) in [5, 5.41) is 5.51. The Hall–Kier alpha value is -1.56. The number of hydrogen-bond acceptors (Lipinski definition) is 3. The molecular weight excluding hydrogens is 327 g/mol. The molecule has 6 heteroatoms. The lowest BCUT2D eigenvalue weighted by Crippen LogP contribution is -2.56. The summed E-state index contributed by atoms with van der Waals surface area (Å²) in [5.41, 5.74) is 0.537. The molecule has 0 radical (unpaired) electrons. The standard InChI is InChI=1S/C18H23FN2O2S/c19-14-9-5-4-6-12(14)10-16-18(23)21-15(11-24-16)17(22)20-13-7-2-1-3-8-13/h4-6,9,13,15-16H,1-3,7-8,10-11H2,(H,20,22)(H,21,23). The van der Waals surface area contributed by atoms with Crippen molar-refractivity contribution < 1.29 is 14.0 Å². The summed E-state index contributed by atoms with van der Waals surface area (Å²) in [5.74, 6) is -0.0305. The second kappa shape index (κ2) is 8.01. The lowest BCUT2D eigenvalue weighted by molar-refractivity contribution is -0.129. The molecule has 2 unspecified atom stereocenters. The van der Waals surface area contributed by atoms with Gasteiger partial charge in [0.2, 0.25) is 11.8 Å². The van der Waals surface area contributed by atoms with Crippen molar-refractivity contribution in [2.24, 2.45) is 0 Å². The van der Waals surface area contributed by atoms with Gasteiger partial charge in [-0.15, -0.1) is 11.8 Å². The summed E-state index contributed by atoms with van der Waals surface area (Å²) >= 11 is 1.43. The van der Waals surface area contributed by atoms with Crippen molar-refractivity contribution in [3.8, 4) is 0 Å². The van der Waals surface area contributed by atoms with E-state index in [0.717, 1.165) is 25.7 Å². The second-order valence-corrected chi connectivity index (χ2v) is 7.76. The zero-order valence-electron chi connectivity index (χ0n) is 13.6. The highest BCUT2D eigenvalue weighted by atomic mass is 32.2. The minimum atomic E-state index is -0.485. The first kappa shape index (κ1) is 17.3. The third-order valence-corrected chi connectivity index (χ3v) is 6.01. The topological polar surface area (TPSA) is 58.2 Å². The summed E-state index contributed by atoms with van der Waals surface area (Å²) < 4.78 is 13.7. The molecule has 2 atom stereocenters. The molecule has 0 aromatic heterocycles. The van der Waals surface area contributed by atoms with Gasteiger partial charge in [-0.25, -0.2) is 4.39 Å². The van der Waals surface area contributed by atoms with Crippen LogP contribution < -0.4 is 10.6 Å². The fourth-order valence-electron chi connectivity index (χ4n) is 3.30. The van der Waals surface area contributed by atoms with Gasteiger partial charge in [0.15, 0.2) is 0 Å². The predicted molar refractivity (Wildman–Crippen MR) is 93.3 cm³/mol. The highest BCUT2D eigenvalue weighted by Gasteiger charge is 2.33. The molecule has 24 heavy (non-hydrogen) atoms. The third-order valence-electron chi connectivity index (χ3n) is 4.70. The molecule has 2 aliphatic rings. The van der Waals surface area contributed by atoms with Gasteiger partial charge in [-0.1, -0.05) is 37.5 Å². The lowest BCUT2D eigenvalue weighted by Gasteiger charge is -2.30. The number of nitrogens with one attached hydrogen (secondary N) is 2. The maximum atomic E-state index is 13.7. The van der Waals surface area contributed by atoms with Crippen molar-refractivity contribution in [3.63, 3.8) is 0 Å². The van der Waals surface area contributed by atoms with Gasteiger partial charge in [0.1, 0.15) is 11.9 Å². The Morgan fingerprint density at radius 2 is 2.00 bits per heavy atom. The molecule has 2 fully saturated rings. The van der Waals surface area contributed by atoms with Crippen LogP contribution in [0.1, 0.15) is 37.7 Å². The van der Waals surface area contributed by atoms with E-state index in [1.807, 2.05) is 0 Å². The van der Waals surface area contributed by atoms with E-state index in [0.29, 0.717) is 17.7 Å². The monoisotopic (exact) mass is 350 g/mol. The summed E-state index contributed by atoms with van der Waals surface area (Å²) in [6, 6.07) is 6.26. The van der Waals surface area contributed by atoms with E-state index < -0.39 is 6.04 Å². The van der Waals surface area contributed by atoms with Gasteiger partial charge >= 0.3 is 0 Å². The van der Waals surface area contributed by atoms with Gasteiger partial charge in [0.05, 0.1) is 5.25 Å². The number of carbonyl (C=O) groups excluding carboxylic acids is 2. The van der Waals surface area contributed by atoms with Crippen molar-refractivity contribution in [2.75, 3.05) is 5.75 Å². The first-order chi connectivity index (χ1) is 11.6. The van der Waals surface area contributed by atoms with Gasteiger partial charge in [0, 0.05) is 11.8 Å². The quantitative estimate of drug-likeness (QED) is 0.877. The van der Waals surface area contributed by atoms with Crippen molar-refractivity contribution in [2.45, 2.75) is 55.9 Å². The van der Waals surface area contributed by atoms with Crippen LogP contribution in [0.25, 0.3) is 0 Å². The smallest absolute Gasteiger partial charge is 0.243 e. The molecule has 3 rings (SSSR count). The van der Waals surface area contributed by atoms with E-state index >= 15 is 0 Å². The molecule has 0 bridgehead atoms. The second-order valence-electron chi connectivity index (χ2n) is 6.52. The molecule has 1 aliphatic heterocycles. The normalized spacial score (nSPS) is 25.1. The number of amides is 2. The van der Waals surface area contributed by atoms with Crippen LogP contribution in [0.5, 0.6) is 0 Å². The largest absolute Gasteiger partial charge is 0.352 e. The van der Waals surface area contributed by atoms with Gasteiger partial charge in [-0.2, -0.15) is 0 Å². The number of halogens is 1. The third kappa shape index (κ3) is 4.29. The zero-order valence-corrected chi connectivity index (χ0v) is 14.4. The average molecular weight is 350 g/mol. The van der Waals surface area contributed by atoms with E-state index in [1.54, 1.807) is 18.2 Å². The number of carbonyl (C=O) groups is 2. The Labute approximate surface area is 146 Å². The fourth-order valence-corrected chi connectivity index (χ4v) is 4.48. The molecular formula is C18H23FN2O2S. The van der Waals surface area contributed by atoms with Crippen molar-refractivity contribution in [1.29, 1.82) is 0 Å². The highest BCUT2D eigenvalue weighted by molar-refractivity contribution is 8.00. The van der Waals surface area contributed by atoms with E-state index in [2.05, 4.69) is 10.6 Å². The maximum absolute atomic E-state index is 13.7. The van der Waals surface area contributed by atoms with Crippen LogP contribution in [0.4, 0.5) is 4.39 Å². The van der Waals surface area contributed by atoms with E-state index in [1.165, 1.54) is 24.2 Å². The van der Waals surface area contributed by atoms with Gasteiger partial charge in [0.25, 0.3) is 0 Å². The lowest BCUT2D eigenvalue weighted by atomic mass is 9.95. The molecule has 1 saturated carbocycles. The number of hydrogen-bond donors (Lipinski definition) is 2. The van der Waals surface area contributed by atoms with E-state index in [9.17, 15) is 14.0 Å². The summed E-state index contributed by atoms with van der Waals surface area (Å²) in [4.78, 5) is 24.6. The molecule has 1 saturated heterocycles. The molecule has 1 aliphatic carbocycles. The highest BCUT2D eigenvalue weighted by Crippen LogP contribution is 2.24. The summed E-state index contributed by atoms with van der Waals surface area (Å²) in [6.07, 6.45) is 5.94. The van der Waals surface area contributed by atoms with Crippen molar-refractivity contribution >= 4 is 23.6 Å². The van der Waals surface area contributed by atoms with Crippen LogP contribution in [0.15, 0.2) is 24.3 Å². The number of thioether (sulfide) groups is 1. The molecule has 1 aromatic rings. The molecule has 130 valence electrons. The van der Waals surface area contributed by atoms with Gasteiger partial charge in [-0.05, 0) is 30.9 Å². The molecule has 1 heterocycles. The molecule has 2 amide bonds.